The number of allylic oxidation sites excluding steroid dienone is 2. The van der Waals surface area contributed by atoms with Crippen molar-refractivity contribution in [3.63, 3.8) is 0 Å². The van der Waals surface area contributed by atoms with Crippen LogP contribution in [0.1, 0.15) is 46.0 Å². The highest BCUT2D eigenvalue weighted by Gasteiger charge is 2.16. The van der Waals surface area contributed by atoms with Crippen molar-refractivity contribution in [1.82, 2.24) is 0 Å². The second kappa shape index (κ2) is 9.16. The van der Waals surface area contributed by atoms with E-state index in [1.807, 2.05) is 13.0 Å². The first kappa shape index (κ1) is 17.2. The van der Waals surface area contributed by atoms with Crippen LogP contribution >= 0.6 is 0 Å². The fourth-order valence-corrected chi connectivity index (χ4v) is 2.09. The Morgan fingerprint density at radius 3 is 2.81 bits per heavy atom. The molecule has 0 saturated heterocycles. The second-order valence-electron chi connectivity index (χ2n) is 5.13. The Kier molecular flexibility index (Phi) is 7.51. The SMILES string of the molecule is C=C(C)CCCC(=CCCC1=CCOC1=O)C(=O)OCC. The Bertz CT molecular complexity index is 457. The van der Waals surface area contributed by atoms with Crippen molar-refractivity contribution in [2.45, 2.75) is 46.0 Å². The number of cyclic esters (lactones) is 1. The third kappa shape index (κ3) is 6.43. The van der Waals surface area contributed by atoms with Crippen LogP contribution in [0.3, 0.4) is 0 Å². The summed E-state index contributed by atoms with van der Waals surface area (Å²) in [5.74, 6) is -0.509. The van der Waals surface area contributed by atoms with Gasteiger partial charge in [0.1, 0.15) is 6.61 Å². The maximum Gasteiger partial charge on any atom is 0.334 e. The van der Waals surface area contributed by atoms with Gasteiger partial charge < -0.3 is 9.47 Å². The summed E-state index contributed by atoms with van der Waals surface area (Å²) in [5, 5.41) is 0. The van der Waals surface area contributed by atoms with E-state index in [1.165, 1.54) is 0 Å². The first-order valence-corrected chi connectivity index (χ1v) is 7.41. The summed E-state index contributed by atoms with van der Waals surface area (Å²) in [4.78, 5) is 23.2. The summed E-state index contributed by atoms with van der Waals surface area (Å²) in [6, 6.07) is 0. The van der Waals surface area contributed by atoms with E-state index in [0.717, 1.165) is 18.4 Å². The summed E-state index contributed by atoms with van der Waals surface area (Å²) in [6.45, 7) is 8.37. The van der Waals surface area contributed by atoms with Gasteiger partial charge in [0.2, 0.25) is 0 Å². The predicted molar refractivity (Wildman–Crippen MR) is 81.7 cm³/mol. The van der Waals surface area contributed by atoms with E-state index >= 15 is 0 Å². The second-order valence-corrected chi connectivity index (χ2v) is 5.13. The topological polar surface area (TPSA) is 52.6 Å². The Labute approximate surface area is 126 Å². The monoisotopic (exact) mass is 292 g/mol. The molecule has 0 bridgehead atoms. The molecule has 0 unspecified atom stereocenters. The van der Waals surface area contributed by atoms with Gasteiger partial charge in [0.15, 0.2) is 0 Å². The molecule has 0 spiro atoms. The zero-order chi connectivity index (χ0) is 15.7. The zero-order valence-corrected chi connectivity index (χ0v) is 12.9. The van der Waals surface area contributed by atoms with Gasteiger partial charge in [0, 0.05) is 11.1 Å². The van der Waals surface area contributed by atoms with E-state index in [2.05, 4.69) is 6.58 Å². The number of hydrogen-bond donors (Lipinski definition) is 0. The average Bonchev–Trinajstić information content (AvgIpc) is 2.82. The van der Waals surface area contributed by atoms with E-state index in [0.29, 0.717) is 43.6 Å². The van der Waals surface area contributed by atoms with Crippen molar-refractivity contribution < 1.29 is 19.1 Å². The molecule has 0 radical (unpaired) electrons. The highest BCUT2D eigenvalue weighted by Crippen LogP contribution is 2.17. The average molecular weight is 292 g/mol. The van der Waals surface area contributed by atoms with E-state index in [4.69, 9.17) is 9.47 Å². The van der Waals surface area contributed by atoms with Crippen molar-refractivity contribution in [3.05, 3.63) is 35.5 Å². The summed E-state index contributed by atoms with van der Waals surface area (Å²) < 4.78 is 9.92. The molecule has 0 saturated carbocycles. The molecule has 0 aliphatic carbocycles. The fourth-order valence-electron chi connectivity index (χ4n) is 2.09. The standard InChI is InChI=1S/C17H24O4/c1-4-20-16(18)14(8-5-7-13(2)3)9-6-10-15-11-12-21-17(15)19/h9,11H,2,4-8,10,12H2,1,3H3. The Morgan fingerprint density at radius 1 is 1.48 bits per heavy atom. The Balaban J connectivity index is 2.53. The summed E-state index contributed by atoms with van der Waals surface area (Å²) in [6.07, 6.45) is 7.36. The third-order valence-electron chi connectivity index (χ3n) is 3.20. The van der Waals surface area contributed by atoms with Crippen molar-refractivity contribution in [2.75, 3.05) is 13.2 Å². The lowest BCUT2D eigenvalue weighted by atomic mass is 10.0. The van der Waals surface area contributed by atoms with Crippen LogP contribution in [0.5, 0.6) is 0 Å². The summed E-state index contributed by atoms with van der Waals surface area (Å²) >= 11 is 0. The lowest BCUT2D eigenvalue weighted by Crippen LogP contribution is -2.08. The number of rotatable bonds is 9. The van der Waals surface area contributed by atoms with Gasteiger partial charge in [-0.05, 0) is 52.0 Å². The van der Waals surface area contributed by atoms with Gasteiger partial charge in [-0.3, -0.25) is 0 Å². The van der Waals surface area contributed by atoms with Crippen molar-refractivity contribution in [1.29, 1.82) is 0 Å². The van der Waals surface area contributed by atoms with Gasteiger partial charge in [-0.15, -0.1) is 6.58 Å². The van der Waals surface area contributed by atoms with Crippen LogP contribution in [0.25, 0.3) is 0 Å². The first-order valence-electron chi connectivity index (χ1n) is 7.41. The van der Waals surface area contributed by atoms with Crippen LogP contribution in [0.2, 0.25) is 0 Å². The molecule has 1 rings (SSSR count). The maximum atomic E-state index is 11.9. The lowest BCUT2D eigenvalue weighted by Gasteiger charge is -2.07. The van der Waals surface area contributed by atoms with Gasteiger partial charge in [-0.2, -0.15) is 0 Å². The smallest absolute Gasteiger partial charge is 0.334 e. The molecule has 0 aromatic rings. The van der Waals surface area contributed by atoms with Gasteiger partial charge >= 0.3 is 11.9 Å². The molecule has 0 N–H and O–H groups in total. The minimum Gasteiger partial charge on any atom is -0.463 e. The quantitative estimate of drug-likeness (QED) is 0.371. The van der Waals surface area contributed by atoms with Gasteiger partial charge in [-0.25, -0.2) is 9.59 Å². The fraction of sp³-hybridized carbons (Fsp3) is 0.529. The van der Waals surface area contributed by atoms with Crippen LogP contribution in [0.15, 0.2) is 35.5 Å². The molecule has 0 aromatic heterocycles. The zero-order valence-electron chi connectivity index (χ0n) is 12.9. The number of ether oxygens (including phenoxy) is 2. The first-order chi connectivity index (χ1) is 10.0. The maximum absolute atomic E-state index is 11.9. The van der Waals surface area contributed by atoms with E-state index in [1.54, 1.807) is 13.0 Å². The van der Waals surface area contributed by atoms with Crippen molar-refractivity contribution in [3.8, 4) is 0 Å². The van der Waals surface area contributed by atoms with E-state index in [9.17, 15) is 9.59 Å². The number of carbonyl (C=O) groups is 2. The minimum atomic E-state index is -0.262. The third-order valence-corrected chi connectivity index (χ3v) is 3.20. The van der Waals surface area contributed by atoms with E-state index < -0.39 is 0 Å². The highest BCUT2D eigenvalue weighted by molar-refractivity contribution is 5.90. The molecule has 1 heterocycles. The van der Waals surface area contributed by atoms with Crippen LogP contribution in [-0.2, 0) is 19.1 Å². The molecule has 4 nitrogen and oxygen atoms in total. The highest BCUT2D eigenvalue weighted by atomic mass is 16.5. The molecule has 4 heteroatoms. The van der Waals surface area contributed by atoms with Crippen LogP contribution in [-0.4, -0.2) is 25.2 Å². The van der Waals surface area contributed by atoms with Crippen LogP contribution in [0.4, 0.5) is 0 Å². The summed E-state index contributed by atoms with van der Waals surface area (Å²) in [5.41, 5.74) is 2.48. The van der Waals surface area contributed by atoms with Gasteiger partial charge in [-0.1, -0.05) is 11.6 Å². The molecule has 0 aromatic carbocycles. The Hall–Kier alpha value is -1.84. The molecule has 1 aliphatic heterocycles. The largest absolute Gasteiger partial charge is 0.463 e. The molecular formula is C17H24O4. The van der Waals surface area contributed by atoms with Crippen molar-refractivity contribution >= 4 is 11.9 Å². The molecule has 0 atom stereocenters. The van der Waals surface area contributed by atoms with E-state index in [-0.39, 0.29) is 11.9 Å². The van der Waals surface area contributed by atoms with Crippen LogP contribution < -0.4 is 0 Å². The molecular weight excluding hydrogens is 268 g/mol. The number of hydrogen-bond acceptors (Lipinski definition) is 4. The molecule has 1 aliphatic rings. The molecule has 21 heavy (non-hydrogen) atoms. The minimum absolute atomic E-state index is 0.247. The predicted octanol–water partition coefficient (Wildman–Crippen LogP) is 3.49. The Morgan fingerprint density at radius 2 is 2.24 bits per heavy atom. The number of esters is 2. The molecule has 0 fully saturated rings. The normalized spacial score (nSPS) is 14.7. The summed E-state index contributed by atoms with van der Waals surface area (Å²) in [7, 11) is 0. The number of carbonyl (C=O) groups excluding carboxylic acids is 2. The van der Waals surface area contributed by atoms with Crippen molar-refractivity contribution in [2.24, 2.45) is 0 Å². The molecule has 116 valence electrons. The van der Waals surface area contributed by atoms with Gasteiger partial charge in [0.25, 0.3) is 0 Å². The lowest BCUT2D eigenvalue weighted by molar-refractivity contribution is -0.138. The van der Waals surface area contributed by atoms with Crippen LogP contribution in [0, 0.1) is 0 Å². The molecule has 0 amide bonds. The van der Waals surface area contributed by atoms with Gasteiger partial charge in [0.05, 0.1) is 6.61 Å².